The fourth-order valence-corrected chi connectivity index (χ4v) is 3.17. The van der Waals surface area contributed by atoms with Crippen LogP contribution in [-0.4, -0.2) is 62.0 Å². The Hall–Kier alpha value is -0.610. The van der Waals surface area contributed by atoms with Crippen molar-refractivity contribution in [2.45, 2.75) is 51.1 Å². The monoisotopic (exact) mass is 269 g/mol. The third-order valence-electron chi connectivity index (χ3n) is 4.56. The molecule has 0 aromatic rings. The molecule has 3 atom stereocenters. The number of likely N-dealkylation sites (N-methyl/N-ethyl adjacent to an activating group) is 2. The first-order valence-electron chi connectivity index (χ1n) is 7.40. The van der Waals surface area contributed by atoms with Crippen LogP contribution in [0.1, 0.15) is 39.5 Å². The summed E-state index contributed by atoms with van der Waals surface area (Å²) in [5.74, 6) is 0.926. The number of carbonyl (C=O) groups is 1. The maximum Gasteiger partial charge on any atom is 0.238 e. The average molecular weight is 269 g/mol. The molecule has 1 saturated carbocycles. The predicted molar refractivity (Wildman–Crippen MR) is 80.2 cm³/mol. The summed E-state index contributed by atoms with van der Waals surface area (Å²) in [6, 6.07) is -0.107. The van der Waals surface area contributed by atoms with Crippen LogP contribution in [0.2, 0.25) is 0 Å². The van der Waals surface area contributed by atoms with Crippen molar-refractivity contribution in [3.8, 4) is 0 Å². The van der Waals surface area contributed by atoms with E-state index in [0.29, 0.717) is 0 Å². The first-order valence-corrected chi connectivity index (χ1v) is 7.40. The van der Waals surface area contributed by atoms with Gasteiger partial charge in [-0.2, -0.15) is 0 Å². The van der Waals surface area contributed by atoms with E-state index < -0.39 is 0 Å². The van der Waals surface area contributed by atoms with Gasteiger partial charge in [0.25, 0.3) is 0 Å². The SMILES string of the molecule is CC1CCCC(CNC(C)C(=O)N(C)C)(N(C)C)C1. The summed E-state index contributed by atoms with van der Waals surface area (Å²) in [6.07, 6.45) is 5.06. The molecule has 0 bridgehead atoms. The molecule has 1 aliphatic carbocycles. The van der Waals surface area contributed by atoms with Crippen molar-refractivity contribution >= 4 is 5.91 Å². The topological polar surface area (TPSA) is 35.6 Å². The van der Waals surface area contributed by atoms with Crippen LogP contribution >= 0.6 is 0 Å². The molecule has 3 unspecified atom stereocenters. The number of hydrogen-bond donors (Lipinski definition) is 1. The number of nitrogens with zero attached hydrogens (tertiary/aromatic N) is 2. The van der Waals surface area contributed by atoms with Gasteiger partial charge < -0.3 is 15.1 Å². The number of rotatable bonds is 5. The van der Waals surface area contributed by atoms with Crippen LogP contribution in [0.3, 0.4) is 0 Å². The fraction of sp³-hybridized carbons (Fsp3) is 0.933. The van der Waals surface area contributed by atoms with Crippen molar-refractivity contribution in [1.82, 2.24) is 15.1 Å². The lowest BCUT2D eigenvalue weighted by Crippen LogP contribution is -2.57. The highest BCUT2D eigenvalue weighted by Gasteiger charge is 2.37. The van der Waals surface area contributed by atoms with Gasteiger partial charge in [0.2, 0.25) is 5.91 Å². The third-order valence-corrected chi connectivity index (χ3v) is 4.56. The minimum atomic E-state index is -0.107. The minimum Gasteiger partial charge on any atom is -0.347 e. The van der Waals surface area contributed by atoms with E-state index >= 15 is 0 Å². The van der Waals surface area contributed by atoms with Gasteiger partial charge in [-0.15, -0.1) is 0 Å². The zero-order valence-electron chi connectivity index (χ0n) is 13.5. The quantitative estimate of drug-likeness (QED) is 0.823. The van der Waals surface area contributed by atoms with Crippen molar-refractivity contribution in [3.63, 3.8) is 0 Å². The second-order valence-electron chi connectivity index (χ2n) is 6.66. The predicted octanol–water partition coefficient (Wildman–Crippen LogP) is 1.56. The fourth-order valence-electron chi connectivity index (χ4n) is 3.17. The molecule has 0 saturated heterocycles. The Balaban J connectivity index is 2.62. The molecule has 0 aromatic carbocycles. The Labute approximate surface area is 118 Å². The normalized spacial score (nSPS) is 29.3. The van der Waals surface area contributed by atoms with Crippen molar-refractivity contribution in [3.05, 3.63) is 0 Å². The molecule has 1 N–H and O–H groups in total. The van der Waals surface area contributed by atoms with Gasteiger partial charge in [0, 0.05) is 26.2 Å². The molecule has 19 heavy (non-hydrogen) atoms. The van der Waals surface area contributed by atoms with Gasteiger partial charge in [0.15, 0.2) is 0 Å². The standard InChI is InChI=1S/C15H31N3O/c1-12-8-7-9-15(10-12,18(5)6)11-16-13(2)14(19)17(3)4/h12-13,16H,7-11H2,1-6H3. The number of hydrogen-bond acceptors (Lipinski definition) is 3. The van der Waals surface area contributed by atoms with E-state index in [1.54, 1.807) is 4.90 Å². The molecular weight excluding hydrogens is 238 g/mol. The second-order valence-corrected chi connectivity index (χ2v) is 6.66. The summed E-state index contributed by atoms with van der Waals surface area (Å²) in [5.41, 5.74) is 0.207. The van der Waals surface area contributed by atoms with E-state index in [4.69, 9.17) is 0 Å². The van der Waals surface area contributed by atoms with Crippen molar-refractivity contribution < 1.29 is 4.79 Å². The number of nitrogens with one attached hydrogen (secondary N) is 1. The molecule has 1 aliphatic rings. The highest BCUT2D eigenvalue weighted by Crippen LogP contribution is 2.35. The lowest BCUT2D eigenvalue weighted by Gasteiger charge is -2.46. The van der Waals surface area contributed by atoms with Gasteiger partial charge >= 0.3 is 0 Å². The Bertz CT molecular complexity index is 304. The smallest absolute Gasteiger partial charge is 0.238 e. The van der Waals surface area contributed by atoms with Gasteiger partial charge in [-0.25, -0.2) is 0 Å². The van der Waals surface area contributed by atoms with Crippen LogP contribution in [0.25, 0.3) is 0 Å². The van der Waals surface area contributed by atoms with Crippen LogP contribution in [0.15, 0.2) is 0 Å². The summed E-state index contributed by atoms with van der Waals surface area (Å²) in [7, 11) is 7.95. The Morgan fingerprint density at radius 3 is 2.47 bits per heavy atom. The van der Waals surface area contributed by atoms with Crippen LogP contribution < -0.4 is 5.32 Å². The van der Waals surface area contributed by atoms with Crippen LogP contribution in [0, 0.1) is 5.92 Å². The average Bonchev–Trinajstić information content (AvgIpc) is 2.34. The zero-order chi connectivity index (χ0) is 14.6. The van der Waals surface area contributed by atoms with Gasteiger partial charge in [-0.3, -0.25) is 4.79 Å². The van der Waals surface area contributed by atoms with Crippen LogP contribution in [0.4, 0.5) is 0 Å². The maximum absolute atomic E-state index is 11.9. The van der Waals surface area contributed by atoms with Gasteiger partial charge in [0.1, 0.15) is 0 Å². The maximum atomic E-state index is 11.9. The largest absolute Gasteiger partial charge is 0.347 e. The highest BCUT2D eigenvalue weighted by molar-refractivity contribution is 5.80. The summed E-state index contributed by atoms with van der Waals surface area (Å²) in [6.45, 7) is 5.19. The van der Waals surface area contributed by atoms with Gasteiger partial charge in [-0.1, -0.05) is 19.8 Å². The molecule has 1 amide bonds. The Morgan fingerprint density at radius 1 is 1.37 bits per heavy atom. The molecule has 0 radical (unpaired) electrons. The van der Waals surface area contributed by atoms with E-state index in [-0.39, 0.29) is 17.5 Å². The van der Waals surface area contributed by atoms with Gasteiger partial charge in [0.05, 0.1) is 6.04 Å². The third kappa shape index (κ3) is 4.18. The van der Waals surface area contributed by atoms with Crippen molar-refractivity contribution in [2.24, 2.45) is 5.92 Å². The molecular formula is C15H31N3O. The lowest BCUT2D eigenvalue weighted by molar-refractivity contribution is -0.130. The highest BCUT2D eigenvalue weighted by atomic mass is 16.2. The molecule has 1 fully saturated rings. The molecule has 4 heteroatoms. The Morgan fingerprint density at radius 2 is 2.00 bits per heavy atom. The van der Waals surface area contributed by atoms with Crippen molar-refractivity contribution in [2.75, 3.05) is 34.7 Å². The molecule has 1 rings (SSSR count). The molecule has 0 aliphatic heterocycles. The minimum absolute atomic E-state index is 0.107. The number of amides is 1. The second kappa shape index (κ2) is 6.71. The molecule has 0 heterocycles. The van der Waals surface area contributed by atoms with E-state index in [9.17, 15) is 4.79 Å². The first kappa shape index (κ1) is 16.4. The summed E-state index contributed by atoms with van der Waals surface area (Å²) >= 11 is 0. The van der Waals surface area contributed by atoms with Gasteiger partial charge in [-0.05, 0) is 39.8 Å². The van der Waals surface area contributed by atoms with E-state index in [1.807, 2.05) is 21.0 Å². The zero-order valence-corrected chi connectivity index (χ0v) is 13.5. The van der Waals surface area contributed by atoms with Crippen LogP contribution in [0.5, 0.6) is 0 Å². The van der Waals surface area contributed by atoms with E-state index in [0.717, 1.165) is 12.5 Å². The van der Waals surface area contributed by atoms with E-state index in [1.165, 1.54) is 25.7 Å². The Kier molecular flexibility index (Phi) is 5.81. The molecule has 0 aromatic heterocycles. The van der Waals surface area contributed by atoms with Crippen LogP contribution in [-0.2, 0) is 4.79 Å². The molecule has 4 nitrogen and oxygen atoms in total. The molecule has 112 valence electrons. The summed E-state index contributed by atoms with van der Waals surface area (Å²) in [5, 5.41) is 3.44. The van der Waals surface area contributed by atoms with Crippen molar-refractivity contribution in [1.29, 1.82) is 0 Å². The molecule has 0 spiro atoms. The summed E-state index contributed by atoms with van der Waals surface area (Å²) in [4.78, 5) is 15.9. The first-order chi connectivity index (χ1) is 8.78. The summed E-state index contributed by atoms with van der Waals surface area (Å²) < 4.78 is 0. The van der Waals surface area contributed by atoms with E-state index in [2.05, 4.69) is 31.2 Å². The lowest BCUT2D eigenvalue weighted by atomic mass is 9.75. The number of carbonyl (C=O) groups excluding carboxylic acids is 1.